The summed E-state index contributed by atoms with van der Waals surface area (Å²) in [6, 6.07) is 3.82. The average molecular weight is 191 g/mol. The van der Waals surface area contributed by atoms with Crippen molar-refractivity contribution in [1.82, 2.24) is 10.3 Å². The van der Waals surface area contributed by atoms with Crippen LogP contribution in [0.25, 0.3) is 0 Å². The molecular formula is C10H13N3O. The lowest BCUT2D eigenvalue weighted by molar-refractivity contribution is -0.121. The van der Waals surface area contributed by atoms with Crippen LogP contribution in [-0.4, -0.2) is 16.4 Å². The first-order valence-electron chi connectivity index (χ1n) is 4.60. The number of carbonyl (C=O) groups is 1. The Morgan fingerprint density at radius 1 is 1.50 bits per heavy atom. The Balaban J connectivity index is 2.38. The second-order valence-electron chi connectivity index (χ2n) is 3.94. The Kier molecular flexibility index (Phi) is 2.00. The molecule has 0 radical (unpaired) electrons. The van der Waals surface area contributed by atoms with Crippen molar-refractivity contribution in [3.05, 3.63) is 23.9 Å². The van der Waals surface area contributed by atoms with Gasteiger partial charge in [-0.15, -0.1) is 0 Å². The van der Waals surface area contributed by atoms with Gasteiger partial charge in [-0.3, -0.25) is 10.1 Å². The molecule has 74 valence electrons. The number of hydrogen-bond acceptors (Lipinski definition) is 3. The van der Waals surface area contributed by atoms with E-state index < -0.39 is 5.54 Å². The predicted octanol–water partition coefficient (Wildman–Crippen LogP) is 0.902. The normalized spacial score (nSPS) is 19.4. The van der Waals surface area contributed by atoms with Crippen LogP contribution in [-0.2, 0) is 11.3 Å². The number of nitrogens with zero attached hydrogens (tertiary/aromatic N) is 1. The van der Waals surface area contributed by atoms with Crippen LogP contribution in [0.3, 0.4) is 0 Å². The molecule has 1 aromatic rings. The van der Waals surface area contributed by atoms with Crippen molar-refractivity contribution in [3.8, 4) is 0 Å². The lowest BCUT2D eigenvalue weighted by atomic mass is 10.1. The number of pyridine rings is 1. The molecule has 1 aromatic heterocycles. The van der Waals surface area contributed by atoms with Crippen LogP contribution in [0.5, 0.6) is 0 Å². The average Bonchev–Trinajstić information content (AvgIpc) is 2.26. The first-order valence-corrected chi connectivity index (χ1v) is 4.60. The number of carbonyl (C=O) groups excluding carboxylic acids is 1. The van der Waals surface area contributed by atoms with Crippen molar-refractivity contribution in [2.24, 2.45) is 0 Å². The van der Waals surface area contributed by atoms with Gasteiger partial charge in [0, 0.05) is 18.3 Å². The molecule has 2 rings (SSSR count). The van der Waals surface area contributed by atoms with Gasteiger partial charge >= 0.3 is 0 Å². The van der Waals surface area contributed by atoms with Crippen LogP contribution >= 0.6 is 0 Å². The molecule has 0 spiro atoms. The molecule has 0 bridgehead atoms. The van der Waals surface area contributed by atoms with Gasteiger partial charge in [0.2, 0.25) is 5.91 Å². The Morgan fingerprint density at radius 2 is 2.29 bits per heavy atom. The lowest BCUT2D eigenvalue weighted by Crippen LogP contribution is -2.47. The van der Waals surface area contributed by atoms with Crippen LogP contribution < -0.4 is 10.6 Å². The summed E-state index contributed by atoms with van der Waals surface area (Å²) in [5.41, 5.74) is 0.479. The van der Waals surface area contributed by atoms with Gasteiger partial charge < -0.3 is 5.32 Å². The maximum Gasteiger partial charge on any atom is 0.245 e. The second kappa shape index (κ2) is 3.06. The molecule has 0 saturated heterocycles. The van der Waals surface area contributed by atoms with Gasteiger partial charge in [-0.25, -0.2) is 4.98 Å². The molecule has 2 heterocycles. The first kappa shape index (κ1) is 9.15. The molecule has 0 saturated carbocycles. The third kappa shape index (κ3) is 1.48. The highest BCUT2D eigenvalue weighted by atomic mass is 16.2. The predicted molar refractivity (Wildman–Crippen MR) is 53.8 cm³/mol. The molecule has 0 atom stereocenters. The zero-order valence-electron chi connectivity index (χ0n) is 8.29. The Bertz CT molecular complexity index is 373. The number of anilines is 1. The van der Waals surface area contributed by atoms with Crippen molar-refractivity contribution in [2.75, 3.05) is 5.32 Å². The zero-order valence-corrected chi connectivity index (χ0v) is 8.29. The van der Waals surface area contributed by atoms with E-state index in [0.717, 1.165) is 5.56 Å². The third-order valence-electron chi connectivity index (χ3n) is 2.41. The van der Waals surface area contributed by atoms with Gasteiger partial charge in [-0.2, -0.15) is 0 Å². The quantitative estimate of drug-likeness (QED) is 0.640. The van der Waals surface area contributed by atoms with Crippen molar-refractivity contribution < 1.29 is 4.79 Å². The molecule has 0 fully saturated rings. The smallest absolute Gasteiger partial charge is 0.245 e. The summed E-state index contributed by atoms with van der Waals surface area (Å²) in [4.78, 5) is 15.8. The molecule has 4 nitrogen and oxygen atoms in total. The van der Waals surface area contributed by atoms with Gasteiger partial charge in [0.25, 0.3) is 0 Å². The summed E-state index contributed by atoms with van der Waals surface area (Å²) in [6.07, 6.45) is 1.68. The number of amides is 1. The van der Waals surface area contributed by atoms with Crippen molar-refractivity contribution in [1.29, 1.82) is 0 Å². The Labute approximate surface area is 82.7 Å². The molecule has 0 aliphatic carbocycles. The van der Waals surface area contributed by atoms with Crippen molar-refractivity contribution >= 4 is 11.7 Å². The molecule has 2 N–H and O–H groups in total. The van der Waals surface area contributed by atoms with Gasteiger partial charge in [0.15, 0.2) is 0 Å². The Morgan fingerprint density at radius 3 is 3.07 bits per heavy atom. The van der Waals surface area contributed by atoms with Gasteiger partial charge in [0.1, 0.15) is 5.82 Å². The fourth-order valence-electron chi connectivity index (χ4n) is 1.35. The summed E-state index contributed by atoms with van der Waals surface area (Å²) >= 11 is 0. The van der Waals surface area contributed by atoms with Crippen LogP contribution in [0.1, 0.15) is 19.4 Å². The minimum Gasteiger partial charge on any atom is -0.309 e. The molecule has 0 aromatic carbocycles. The van der Waals surface area contributed by atoms with Gasteiger partial charge in [-0.05, 0) is 19.9 Å². The topological polar surface area (TPSA) is 54.0 Å². The second-order valence-corrected chi connectivity index (χ2v) is 3.94. The number of rotatable bonds is 0. The van der Waals surface area contributed by atoms with E-state index in [9.17, 15) is 4.79 Å². The lowest BCUT2D eigenvalue weighted by Gasteiger charge is -2.21. The summed E-state index contributed by atoms with van der Waals surface area (Å²) in [5.74, 6) is 0.616. The minimum absolute atomic E-state index is 0.0463. The van der Waals surface area contributed by atoms with E-state index >= 15 is 0 Å². The highest BCUT2D eigenvalue weighted by Gasteiger charge is 2.30. The summed E-state index contributed by atoms with van der Waals surface area (Å²) < 4.78 is 0. The maximum atomic E-state index is 11.7. The van der Waals surface area contributed by atoms with Crippen LogP contribution in [0.4, 0.5) is 5.82 Å². The number of aromatic nitrogens is 1. The standard InChI is InChI=1S/C10H13N3O/c1-10(2)9(14)13-8-7(6-12-10)4-3-5-11-8/h3-5,12H,6H2,1-2H3,(H,11,13,14). The minimum atomic E-state index is -0.541. The van der Waals surface area contributed by atoms with Crippen LogP contribution in [0.2, 0.25) is 0 Å². The molecule has 4 heteroatoms. The third-order valence-corrected chi connectivity index (χ3v) is 2.41. The fraction of sp³-hybridized carbons (Fsp3) is 0.400. The number of hydrogen-bond donors (Lipinski definition) is 2. The highest BCUT2D eigenvalue weighted by molar-refractivity contribution is 5.97. The molecule has 0 unspecified atom stereocenters. The molecule has 1 amide bonds. The van der Waals surface area contributed by atoms with E-state index in [1.54, 1.807) is 6.20 Å². The van der Waals surface area contributed by atoms with Gasteiger partial charge in [0.05, 0.1) is 5.54 Å². The number of nitrogens with one attached hydrogen (secondary N) is 2. The zero-order chi connectivity index (χ0) is 10.2. The van der Waals surface area contributed by atoms with E-state index in [4.69, 9.17) is 0 Å². The summed E-state index contributed by atoms with van der Waals surface area (Å²) in [7, 11) is 0. The van der Waals surface area contributed by atoms with E-state index in [0.29, 0.717) is 12.4 Å². The van der Waals surface area contributed by atoms with E-state index in [1.165, 1.54) is 0 Å². The van der Waals surface area contributed by atoms with E-state index in [2.05, 4.69) is 15.6 Å². The molecule has 1 aliphatic rings. The van der Waals surface area contributed by atoms with E-state index in [-0.39, 0.29) is 5.91 Å². The summed E-state index contributed by atoms with van der Waals surface area (Å²) in [5, 5.41) is 5.97. The van der Waals surface area contributed by atoms with E-state index in [1.807, 2.05) is 26.0 Å². The summed E-state index contributed by atoms with van der Waals surface area (Å²) in [6.45, 7) is 4.37. The van der Waals surface area contributed by atoms with Crippen molar-refractivity contribution in [2.45, 2.75) is 25.9 Å². The van der Waals surface area contributed by atoms with Crippen LogP contribution in [0.15, 0.2) is 18.3 Å². The van der Waals surface area contributed by atoms with Crippen molar-refractivity contribution in [3.63, 3.8) is 0 Å². The first-order chi connectivity index (χ1) is 6.59. The monoisotopic (exact) mass is 191 g/mol. The SMILES string of the molecule is CC1(C)NCc2cccnc2NC1=O. The van der Waals surface area contributed by atoms with Crippen LogP contribution in [0, 0.1) is 0 Å². The highest BCUT2D eigenvalue weighted by Crippen LogP contribution is 2.18. The molecule has 1 aliphatic heterocycles. The molecule has 14 heavy (non-hydrogen) atoms. The Hall–Kier alpha value is -1.42. The van der Waals surface area contributed by atoms with Gasteiger partial charge in [-0.1, -0.05) is 6.07 Å². The molecular weight excluding hydrogens is 178 g/mol. The maximum absolute atomic E-state index is 11.7. The number of fused-ring (bicyclic) bond motifs is 1. The largest absolute Gasteiger partial charge is 0.309 e. The fourth-order valence-corrected chi connectivity index (χ4v) is 1.35.